The van der Waals surface area contributed by atoms with Crippen LogP contribution in [0.25, 0.3) is 0 Å². The second-order valence-corrected chi connectivity index (χ2v) is 2.25. The Bertz CT molecular complexity index is 233. The SMILES string of the molecule is O=C(O)CCCOn1ccnc1. The van der Waals surface area contributed by atoms with E-state index in [9.17, 15) is 4.79 Å². The zero-order valence-corrected chi connectivity index (χ0v) is 6.51. The average molecular weight is 170 g/mol. The van der Waals surface area contributed by atoms with E-state index in [-0.39, 0.29) is 6.42 Å². The molecule has 0 aromatic carbocycles. The Labute approximate surface area is 69.6 Å². The minimum atomic E-state index is -0.802. The molecular weight excluding hydrogens is 160 g/mol. The molecular formula is C7H10N2O3. The van der Waals surface area contributed by atoms with Gasteiger partial charge in [-0.3, -0.25) is 4.79 Å². The summed E-state index contributed by atoms with van der Waals surface area (Å²) in [4.78, 5) is 18.9. The summed E-state index contributed by atoms with van der Waals surface area (Å²) in [5.74, 6) is -0.802. The molecule has 5 heteroatoms. The number of aromatic nitrogens is 2. The Kier molecular flexibility index (Phi) is 3.13. The molecule has 0 spiro atoms. The summed E-state index contributed by atoms with van der Waals surface area (Å²) < 4.78 is 1.45. The molecule has 1 rings (SSSR count). The molecule has 66 valence electrons. The van der Waals surface area contributed by atoms with Gasteiger partial charge in [-0.2, -0.15) is 4.73 Å². The summed E-state index contributed by atoms with van der Waals surface area (Å²) in [5.41, 5.74) is 0. The molecule has 0 fully saturated rings. The highest BCUT2D eigenvalue weighted by molar-refractivity contribution is 5.66. The highest BCUT2D eigenvalue weighted by Gasteiger charge is 1.96. The third kappa shape index (κ3) is 3.05. The molecule has 0 atom stereocenters. The lowest BCUT2D eigenvalue weighted by molar-refractivity contribution is -0.137. The van der Waals surface area contributed by atoms with Gasteiger partial charge in [0.15, 0.2) is 0 Å². The predicted molar refractivity (Wildman–Crippen MR) is 40.5 cm³/mol. The lowest BCUT2D eigenvalue weighted by Crippen LogP contribution is -2.11. The first-order chi connectivity index (χ1) is 5.79. The van der Waals surface area contributed by atoms with Gasteiger partial charge >= 0.3 is 5.97 Å². The maximum absolute atomic E-state index is 10.1. The normalized spacial score (nSPS) is 9.67. The van der Waals surface area contributed by atoms with Crippen LogP contribution in [0.2, 0.25) is 0 Å². The van der Waals surface area contributed by atoms with E-state index in [0.717, 1.165) is 0 Å². The van der Waals surface area contributed by atoms with Gasteiger partial charge in [0, 0.05) is 12.6 Å². The Morgan fingerprint density at radius 3 is 3.08 bits per heavy atom. The van der Waals surface area contributed by atoms with Crippen molar-refractivity contribution >= 4 is 5.97 Å². The van der Waals surface area contributed by atoms with E-state index in [0.29, 0.717) is 13.0 Å². The zero-order valence-electron chi connectivity index (χ0n) is 6.51. The quantitative estimate of drug-likeness (QED) is 0.640. The van der Waals surface area contributed by atoms with Crippen molar-refractivity contribution in [2.75, 3.05) is 6.61 Å². The number of carbonyl (C=O) groups is 1. The smallest absolute Gasteiger partial charge is 0.303 e. The van der Waals surface area contributed by atoms with Crippen LogP contribution < -0.4 is 4.84 Å². The van der Waals surface area contributed by atoms with Crippen LogP contribution in [0.4, 0.5) is 0 Å². The fourth-order valence-corrected chi connectivity index (χ4v) is 0.717. The van der Waals surface area contributed by atoms with Crippen molar-refractivity contribution in [1.82, 2.24) is 9.71 Å². The first kappa shape index (κ1) is 8.58. The molecule has 0 amide bonds. The lowest BCUT2D eigenvalue weighted by Gasteiger charge is -2.02. The minimum Gasteiger partial charge on any atom is -0.481 e. The molecule has 1 heterocycles. The minimum absolute atomic E-state index is 0.134. The van der Waals surface area contributed by atoms with Gasteiger partial charge in [0.25, 0.3) is 0 Å². The van der Waals surface area contributed by atoms with Crippen molar-refractivity contribution in [2.45, 2.75) is 12.8 Å². The van der Waals surface area contributed by atoms with Crippen molar-refractivity contribution in [1.29, 1.82) is 0 Å². The van der Waals surface area contributed by atoms with Gasteiger partial charge in [-0.1, -0.05) is 0 Å². The second-order valence-electron chi connectivity index (χ2n) is 2.25. The van der Waals surface area contributed by atoms with Crippen molar-refractivity contribution in [3.63, 3.8) is 0 Å². The van der Waals surface area contributed by atoms with Crippen LogP contribution in [-0.2, 0) is 4.79 Å². The van der Waals surface area contributed by atoms with E-state index in [1.165, 1.54) is 11.1 Å². The lowest BCUT2D eigenvalue weighted by atomic mass is 10.3. The van der Waals surface area contributed by atoms with Crippen LogP contribution in [0.1, 0.15) is 12.8 Å². The second kappa shape index (κ2) is 4.38. The van der Waals surface area contributed by atoms with Crippen LogP contribution in [0, 0.1) is 0 Å². The van der Waals surface area contributed by atoms with Gasteiger partial charge in [0.2, 0.25) is 0 Å². The van der Waals surface area contributed by atoms with Gasteiger partial charge in [-0.05, 0) is 6.42 Å². The topological polar surface area (TPSA) is 64.3 Å². The third-order valence-corrected chi connectivity index (χ3v) is 1.26. The first-order valence-electron chi connectivity index (χ1n) is 3.62. The molecule has 0 saturated carbocycles. The number of hydrogen-bond acceptors (Lipinski definition) is 3. The summed E-state index contributed by atoms with van der Waals surface area (Å²) in [6.07, 6.45) is 5.40. The highest BCUT2D eigenvalue weighted by atomic mass is 16.7. The van der Waals surface area contributed by atoms with Crippen molar-refractivity contribution in [3.05, 3.63) is 18.7 Å². The number of carboxylic acids is 1. The van der Waals surface area contributed by atoms with E-state index >= 15 is 0 Å². The molecule has 0 saturated heterocycles. The largest absolute Gasteiger partial charge is 0.481 e. The molecule has 5 nitrogen and oxygen atoms in total. The number of rotatable bonds is 5. The van der Waals surface area contributed by atoms with Gasteiger partial charge in [0.05, 0.1) is 6.20 Å². The van der Waals surface area contributed by atoms with Gasteiger partial charge in [-0.15, -0.1) is 0 Å². The van der Waals surface area contributed by atoms with Crippen LogP contribution in [0.3, 0.4) is 0 Å². The molecule has 0 bridgehead atoms. The molecule has 1 N–H and O–H groups in total. The first-order valence-corrected chi connectivity index (χ1v) is 3.62. The maximum Gasteiger partial charge on any atom is 0.303 e. The Hall–Kier alpha value is -1.52. The molecule has 12 heavy (non-hydrogen) atoms. The summed E-state index contributed by atoms with van der Waals surface area (Å²) in [7, 11) is 0. The molecule has 0 aliphatic heterocycles. The van der Waals surface area contributed by atoms with E-state index in [1.54, 1.807) is 12.4 Å². The molecule has 0 aliphatic rings. The number of imidazole rings is 1. The van der Waals surface area contributed by atoms with E-state index in [2.05, 4.69) is 4.98 Å². The summed E-state index contributed by atoms with van der Waals surface area (Å²) >= 11 is 0. The Morgan fingerprint density at radius 2 is 2.50 bits per heavy atom. The van der Waals surface area contributed by atoms with Crippen molar-refractivity contribution < 1.29 is 14.7 Å². The van der Waals surface area contributed by atoms with Gasteiger partial charge in [0.1, 0.15) is 12.9 Å². The summed E-state index contributed by atoms with van der Waals surface area (Å²) in [5, 5.41) is 8.30. The molecule has 0 radical (unpaired) electrons. The van der Waals surface area contributed by atoms with E-state index in [4.69, 9.17) is 9.94 Å². The zero-order chi connectivity index (χ0) is 8.81. The highest BCUT2D eigenvalue weighted by Crippen LogP contribution is 1.88. The van der Waals surface area contributed by atoms with Crippen LogP contribution in [0.5, 0.6) is 0 Å². The Balaban J connectivity index is 2.07. The standard InChI is InChI=1S/C7H10N2O3/c10-7(11)2-1-5-12-9-4-3-8-6-9/h3-4,6H,1-2,5H2,(H,10,11). The maximum atomic E-state index is 10.1. The average Bonchev–Trinajstić information content (AvgIpc) is 2.49. The molecule has 0 aliphatic carbocycles. The van der Waals surface area contributed by atoms with Crippen LogP contribution in [-0.4, -0.2) is 27.4 Å². The third-order valence-electron chi connectivity index (χ3n) is 1.26. The summed E-state index contributed by atoms with van der Waals surface area (Å²) in [6.45, 7) is 0.392. The number of aliphatic carboxylic acids is 1. The summed E-state index contributed by atoms with van der Waals surface area (Å²) in [6, 6.07) is 0. The molecule has 0 unspecified atom stereocenters. The molecule has 1 aromatic heterocycles. The van der Waals surface area contributed by atoms with Crippen LogP contribution in [0.15, 0.2) is 18.7 Å². The number of carboxylic acid groups (broad SMARTS) is 1. The van der Waals surface area contributed by atoms with Crippen molar-refractivity contribution in [2.24, 2.45) is 0 Å². The van der Waals surface area contributed by atoms with E-state index < -0.39 is 5.97 Å². The van der Waals surface area contributed by atoms with Gasteiger partial charge < -0.3 is 9.94 Å². The fourth-order valence-electron chi connectivity index (χ4n) is 0.717. The fraction of sp³-hybridized carbons (Fsp3) is 0.429. The molecule has 1 aromatic rings. The monoisotopic (exact) mass is 170 g/mol. The number of nitrogens with zero attached hydrogens (tertiary/aromatic N) is 2. The van der Waals surface area contributed by atoms with Gasteiger partial charge in [-0.25, -0.2) is 4.98 Å². The van der Waals surface area contributed by atoms with Crippen LogP contribution >= 0.6 is 0 Å². The van der Waals surface area contributed by atoms with Crippen molar-refractivity contribution in [3.8, 4) is 0 Å². The predicted octanol–water partition coefficient (Wildman–Crippen LogP) is 0.176. The van der Waals surface area contributed by atoms with E-state index in [1.807, 2.05) is 0 Å². The Morgan fingerprint density at radius 1 is 1.67 bits per heavy atom. The number of hydrogen-bond donors (Lipinski definition) is 1.